The number of hydrogen-bond acceptors (Lipinski definition) is 5. The van der Waals surface area contributed by atoms with Crippen LogP contribution in [-0.2, 0) is 11.3 Å². The van der Waals surface area contributed by atoms with E-state index < -0.39 is 0 Å². The third-order valence-electron chi connectivity index (χ3n) is 3.62. The van der Waals surface area contributed by atoms with Crippen molar-refractivity contribution in [1.82, 2.24) is 15.6 Å². The maximum atomic E-state index is 11.6. The number of carbonyl (C=O) groups is 1. The second-order valence-corrected chi connectivity index (χ2v) is 5.74. The van der Waals surface area contributed by atoms with Gasteiger partial charge in [-0.1, -0.05) is 11.1 Å². The van der Waals surface area contributed by atoms with Gasteiger partial charge in [-0.2, -0.15) is 0 Å². The zero-order valence-electron chi connectivity index (χ0n) is 10.6. The first-order chi connectivity index (χ1) is 9.31. The van der Waals surface area contributed by atoms with Crippen molar-refractivity contribution in [2.75, 3.05) is 19.6 Å². The molecule has 1 aliphatic carbocycles. The van der Waals surface area contributed by atoms with Crippen LogP contribution in [0.15, 0.2) is 22.0 Å². The average molecular weight is 279 g/mol. The summed E-state index contributed by atoms with van der Waals surface area (Å²) in [6, 6.07) is 0. The van der Waals surface area contributed by atoms with E-state index in [0.717, 1.165) is 31.6 Å². The average Bonchev–Trinajstić information content (AvgIpc) is 3.09. The molecule has 1 aliphatic heterocycles. The monoisotopic (exact) mass is 279 g/mol. The van der Waals surface area contributed by atoms with Gasteiger partial charge in [0, 0.05) is 25.0 Å². The van der Waals surface area contributed by atoms with Crippen LogP contribution in [0.2, 0.25) is 0 Å². The first-order valence-corrected chi connectivity index (χ1v) is 7.43. The van der Waals surface area contributed by atoms with E-state index in [4.69, 9.17) is 4.74 Å². The Kier molecular flexibility index (Phi) is 3.79. The van der Waals surface area contributed by atoms with Crippen molar-refractivity contribution >= 4 is 17.4 Å². The number of ether oxygens (including phenoxy) is 1. The zero-order valence-corrected chi connectivity index (χ0v) is 11.5. The highest BCUT2D eigenvalue weighted by molar-refractivity contribution is 7.07. The van der Waals surface area contributed by atoms with Gasteiger partial charge < -0.3 is 15.4 Å². The first kappa shape index (κ1) is 12.6. The minimum atomic E-state index is -0.349. The van der Waals surface area contributed by atoms with Crippen LogP contribution in [0.5, 0.6) is 0 Å². The van der Waals surface area contributed by atoms with Crippen LogP contribution in [0.3, 0.4) is 0 Å². The number of rotatable bonds is 4. The lowest BCUT2D eigenvalue weighted by Gasteiger charge is -2.13. The van der Waals surface area contributed by atoms with E-state index in [1.807, 2.05) is 5.38 Å². The smallest absolute Gasteiger partial charge is 0.407 e. The van der Waals surface area contributed by atoms with Crippen molar-refractivity contribution in [3.05, 3.63) is 27.7 Å². The van der Waals surface area contributed by atoms with Gasteiger partial charge >= 0.3 is 6.09 Å². The van der Waals surface area contributed by atoms with Crippen molar-refractivity contribution in [1.29, 1.82) is 0 Å². The number of nitrogens with zero attached hydrogens (tertiary/aromatic N) is 1. The first-order valence-electron chi connectivity index (χ1n) is 6.49. The maximum Gasteiger partial charge on any atom is 0.407 e. The molecule has 1 aromatic heterocycles. The second kappa shape index (κ2) is 5.71. The van der Waals surface area contributed by atoms with Gasteiger partial charge in [0.2, 0.25) is 0 Å². The lowest BCUT2D eigenvalue weighted by molar-refractivity contribution is 0.137. The van der Waals surface area contributed by atoms with Crippen LogP contribution < -0.4 is 10.6 Å². The number of aromatic nitrogens is 1. The third-order valence-corrected chi connectivity index (χ3v) is 4.25. The summed E-state index contributed by atoms with van der Waals surface area (Å²) in [4.78, 5) is 15.6. The van der Waals surface area contributed by atoms with Crippen molar-refractivity contribution < 1.29 is 9.53 Å². The SMILES string of the molecule is O=C(NCC1CC2=C(CNC2)C1)OCc1cscn1. The minimum Gasteiger partial charge on any atom is -0.443 e. The summed E-state index contributed by atoms with van der Waals surface area (Å²) in [5, 5.41) is 8.08. The molecule has 102 valence electrons. The molecule has 0 unspecified atom stereocenters. The van der Waals surface area contributed by atoms with Gasteiger partial charge in [0.1, 0.15) is 6.61 Å². The van der Waals surface area contributed by atoms with E-state index in [1.165, 1.54) is 11.3 Å². The number of amides is 1. The Hall–Kier alpha value is -1.40. The molecule has 0 spiro atoms. The maximum absolute atomic E-state index is 11.6. The molecule has 3 rings (SSSR count). The van der Waals surface area contributed by atoms with Gasteiger partial charge in [0.05, 0.1) is 11.2 Å². The minimum absolute atomic E-state index is 0.249. The summed E-state index contributed by atoms with van der Waals surface area (Å²) in [5.74, 6) is 0.541. The largest absolute Gasteiger partial charge is 0.443 e. The molecule has 0 saturated carbocycles. The van der Waals surface area contributed by atoms with E-state index in [-0.39, 0.29) is 12.7 Å². The molecule has 0 atom stereocenters. The highest BCUT2D eigenvalue weighted by Crippen LogP contribution is 2.32. The molecule has 0 fully saturated rings. The molecule has 2 aliphatic rings. The van der Waals surface area contributed by atoms with Gasteiger partial charge in [0.15, 0.2) is 0 Å². The zero-order chi connectivity index (χ0) is 13.1. The van der Waals surface area contributed by atoms with Crippen molar-refractivity contribution in [3.63, 3.8) is 0 Å². The van der Waals surface area contributed by atoms with Gasteiger partial charge in [0.25, 0.3) is 0 Å². The number of hydrogen-bond donors (Lipinski definition) is 2. The van der Waals surface area contributed by atoms with Crippen LogP contribution >= 0.6 is 11.3 Å². The molecule has 5 nitrogen and oxygen atoms in total. The summed E-state index contributed by atoms with van der Waals surface area (Å²) < 4.78 is 5.11. The van der Waals surface area contributed by atoms with Gasteiger partial charge in [-0.05, 0) is 18.8 Å². The molecule has 2 N–H and O–H groups in total. The number of thiazole rings is 1. The molecule has 1 amide bonds. The normalized spacial score (nSPS) is 18.7. The third kappa shape index (κ3) is 3.13. The van der Waals surface area contributed by atoms with E-state index in [0.29, 0.717) is 12.5 Å². The summed E-state index contributed by atoms with van der Waals surface area (Å²) in [5.41, 5.74) is 5.62. The second-order valence-electron chi connectivity index (χ2n) is 5.02. The molecule has 6 heteroatoms. The molecular weight excluding hydrogens is 262 g/mol. The van der Waals surface area contributed by atoms with Gasteiger partial charge in [-0.15, -0.1) is 11.3 Å². The summed E-state index contributed by atoms with van der Waals surface area (Å²) in [7, 11) is 0. The Labute approximate surface area is 116 Å². The summed E-state index contributed by atoms with van der Waals surface area (Å²) in [6.45, 7) is 3.00. The summed E-state index contributed by atoms with van der Waals surface area (Å²) >= 11 is 1.50. The highest BCUT2D eigenvalue weighted by atomic mass is 32.1. The summed E-state index contributed by atoms with van der Waals surface area (Å²) in [6.07, 6.45) is 1.86. The number of carbonyl (C=O) groups excluding carboxylic acids is 1. The molecule has 1 aromatic rings. The number of nitrogens with one attached hydrogen (secondary N) is 2. The number of alkyl carbamates (subject to hydrolysis) is 1. The fourth-order valence-corrected chi connectivity index (χ4v) is 3.23. The Bertz CT molecular complexity index is 468. The molecule has 0 aromatic carbocycles. The van der Waals surface area contributed by atoms with Gasteiger partial charge in [-0.3, -0.25) is 0 Å². The van der Waals surface area contributed by atoms with E-state index >= 15 is 0 Å². The lowest BCUT2D eigenvalue weighted by atomic mass is 10.0. The van der Waals surface area contributed by atoms with E-state index in [1.54, 1.807) is 16.7 Å². The molecule has 0 bridgehead atoms. The fraction of sp³-hybridized carbons (Fsp3) is 0.538. The fourth-order valence-electron chi connectivity index (χ4n) is 2.69. The van der Waals surface area contributed by atoms with Crippen LogP contribution in [0.1, 0.15) is 18.5 Å². The predicted octanol–water partition coefficient (Wildman–Crippen LogP) is 1.68. The lowest BCUT2D eigenvalue weighted by Crippen LogP contribution is -2.30. The standard InChI is InChI=1S/C13H17N3O2S/c17-13(18-6-12-7-19-8-16-12)15-3-9-1-10-4-14-5-11(10)2-9/h7-9,14H,1-6H2,(H,15,17). The van der Waals surface area contributed by atoms with Crippen molar-refractivity contribution in [2.24, 2.45) is 5.92 Å². The van der Waals surface area contributed by atoms with Crippen LogP contribution in [0, 0.1) is 5.92 Å². The highest BCUT2D eigenvalue weighted by Gasteiger charge is 2.27. The molecular formula is C13H17N3O2S. The topological polar surface area (TPSA) is 63.2 Å². The van der Waals surface area contributed by atoms with Crippen LogP contribution in [0.4, 0.5) is 4.79 Å². The van der Waals surface area contributed by atoms with Crippen LogP contribution in [-0.4, -0.2) is 30.7 Å². The van der Waals surface area contributed by atoms with Crippen LogP contribution in [0.25, 0.3) is 0 Å². The van der Waals surface area contributed by atoms with E-state index in [9.17, 15) is 4.79 Å². The van der Waals surface area contributed by atoms with Crippen molar-refractivity contribution in [2.45, 2.75) is 19.4 Å². The predicted molar refractivity (Wildman–Crippen MR) is 72.9 cm³/mol. The Morgan fingerprint density at radius 3 is 2.95 bits per heavy atom. The Morgan fingerprint density at radius 1 is 1.47 bits per heavy atom. The van der Waals surface area contributed by atoms with E-state index in [2.05, 4.69) is 15.6 Å². The van der Waals surface area contributed by atoms with Gasteiger partial charge in [-0.25, -0.2) is 9.78 Å². The molecule has 0 saturated heterocycles. The molecule has 19 heavy (non-hydrogen) atoms. The Balaban J connectivity index is 1.35. The quantitative estimate of drug-likeness (QED) is 0.823. The van der Waals surface area contributed by atoms with Crippen molar-refractivity contribution in [3.8, 4) is 0 Å². The Morgan fingerprint density at radius 2 is 2.26 bits per heavy atom. The molecule has 0 radical (unpaired) electrons. The molecule has 2 heterocycles.